The van der Waals surface area contributed by atoms with Crippen molar-refractivity contribution in [3.05, 3.63) is 175 Å². The number of benzene rings is 7. The second kappa shape index (κ2) is 10.4. The molecule has 2 aromatic heterocycles. The zero-order chi connectivity index (χ0) is 32.7. The molecule has 9 aromatic rings. The van der Waals surface area contributed by atoms with Crippen LogP contribution in [0.15, 0.2) is 164 Å². The summed E-state index contributed by atoms with van der Waals surface area (Å²) in [5.41, 5.74) is 15.7. The molecular formula is C46H33N3. The number of hydrogen-bond acceptors (Lipinski definition) is 1. The highest BCUT2D eigenvalue weighted by atomic mass is 15.1. The highest BCUT2D eigenvalue weighted by molar-refractivity contribution is 6.11. The van der Waals surface area contributed by atoms with Crippen LogP contribution in [0.25, 0.3) is 77.9 Å². The molecule has 0 aliphatic heterocycles. The van der Waals surface area contributed by atoms with Crippen LogP contribution in [0.5, 0.6) is 0 Å². The van der Waals surface area contributed by atoms with E-state index < -0.39 is 0 Å². The molecule has 2 heterocycles. The highest BCUT2D eigenvalue weighted by Gasteiger charge is 2.36. The zero-order valence-electron chi connectivity index (χ0n) is 27.4. The van der Waals surface area contributed by atoms with Gasteiger partial charge in [-0.2, -0.15) is 0 Å². The van der Waals surface area contributed by atoms with Gasteiger partial charge in [0.25, 0.3) is 0 Å². The van der Waals surface area contributed by atoms with Gasteiger partial charge in [0.15, 0.2) is 0 Å². The summed E-state index contributed by atoms with van der Waals surface area (Å²) in [6, 6.07) is 59.2. The SMILES string of the molecule is CC1(C)c2ccccc2-c2cc3c4ccccc4n(-c4ccc(-c5ccc(-c6nc7ccccc7n6-c6ccccc6)cc5)cc4)c3cc21. The lowest BCUT2D eigenvalue weighted by molar-refractivity contribution is 0.661. The maximum Gasteiger partial charge on any atom is 0.145 e. The Balaban J connectivity index is 1.05. The van der Waals surface area contributed by atoms with Crippen molar-refractivity contribution in [1.82, 2.24) is 14.1 Å². The van der Waals surface area contributed by atoms with E-state index >= 15 is 0 Å². The molecule has 49 heavy (non-hydrogen) atoms. The monoisotopic (exact) mass is 627 g/mol. The van der Waals surface area contributed by atoms with E-state index in [9.17, 15) is 0 Å². The van der Waals surface area contributed by atoms with E-state index in [2.05, 4.69) is 181 Å². The number of aromatic nitrogens is 3. The molecule has 232 valence electrons. The van der Waals surface area contributed by atoms with Gasteiger partial charge in [0.2, 0.25) is 0 Å². The van der Waals surface area contributed by atoms with Gasteiger partial charge in [-0.25, -0.2) is 4.98 Å². The predicted molar refractivity (Wildman–Crippen MR) is 204 cm³/mol. The topological polar surface area (TPSA) is 22.8 Å². The molecule has 3 nitrogen and oxygen atoms in total. The predicted octanol–water partition coefficient (Wildman–Crippen LogP) is 11.8. The minimum atomic E-state index is -0.0532. The van der Waals surface area contributed by atoms with Crippen molar-refractivity contribution in [1.29, 1.82) is 0 Å². The van der Waals surface area contributed by atoms with E-state index in [1.165, 1.54) is 55.2 Å². The summed E-state index contributed by atoms with van der Waals surface area (Å²) in [6.45, 7) is 4.71. The molecule has 0 unspecified atom stereocenters. The number of hydrogen-bond donors (Lipinski definition) is 0. The maximum absolute atomic E-state index is 5.05. The third-order valence-corrected chi connectivity index (χ3v) is 10.6. The smallest absolute Gasteiger partial charge is 0.145 e. The van der Waals surface area contributed by atoms with Gasteiger partial charge in [-0.1, -0.05) is 123 Å². The molecule has 0 atom stereocenters. The molecule has 0 bridgehead atoms. The van der Waals surface area contributed by atoms with Crippen LogP contribution in [0.2, 0.25) is 0 Å². The quantitative estimate of drug-likeness (QED) is 0.190. The van der Waals surface area contributed by atoms with Gasteiger partial charge in [-0.15, -0.1) is 0 Å². The molecule has 0 N–H and O–H groups in total. The Morgan fingerprint density at radius 1 is 0.429 bits per heavy atom. The highest BCUT2D eigenvalue weighted by Crippen LogP contribution is 2.51. The van der Waals surface area contributed by atoms with E-state index in [-0.39, 0.29) is 5.41 Å². The number of rotatable bonds is 4. The lowest BCUT2D eigenvalue weighted by Gasteiger charge is -2.21. The summed E-state index contributed by atoms with van der Waals surface area (Å²) in [5.74, 6) is 0.943. The number of fused-ring (bicyclic) bond motifs is 7. The molecule has 1 aliphatic rings. The van der Waals surface area contributed by atoms with Crippen LogP contribution in [0.4, 0.5) is 0 Å². The van der Waals surface area contributed by atoms with Crippen molar-refractivity contribution < 1.29 is 0 Å². The molecule has 0 saturated heterocycles. The minimum Gasteiger partial charge on any atom is -0.309 e. The Labute approximate surface area is 285 Å². The Hall–Kier alpha value is -6.19. The van der Waals surface area contributed by atoms with Crippen molar-refractivity contribution in [2.45, 2.75) is 19.3 Å². The van der Waals surface area contributed by atoms with Crippen LogP contribution >= 0.6 is 0 Å². The van der Waals surface area contributed by atoms with Gasteiger partial charge in [0.1, 0.15) is 5.82 Å². The molecule has 0 radical (unpaired) electrons. The molecule has 0 spiro atoms. The normalized spacial score (nSPS) is 13.3. The number of imidazole rings is 1. The lowest BCUT2D eigenvalue weighted by Crippen LogP contribution is -2.14. The molecule has 0 fully saturated rings. The van der Waals surface area contributed by atoms with Gasteiger partial charge < -0.3 is 4.57 Å². The third-order valence-electron chi connectivity index (χ3n) is 10.6. The van der Waals surface area contributed by atoms with E-state index in [1.807, 2.05) is 6.07 Å². The second-order valence-electron chi connectivity index (χ2n) is 13.7. The number of para-hydroxylation sites is 4. The van der Waals surface area contributed by atoms with Gasteiger partial charge in [0, 0.05) is 33.1 Å². The summed E-state index contributed by atoms with van der Waals surface area (Å²) in [4.78, 5) is 5.05. The van der Waals surface area contributed by atoms with Gasteiger partial charge in [0.05, 0.1) is 22.1 Å². The lowest BCUT2D eigenvalue weighted by atomic mass is 9.82. The summed E-state index contributed by atoms with van der Waals surface area (Å²) in [7, 11) is 0. The van der Waals surface area contributed by atoms with Crippen molar-refractivity contribution in [2.24, 2.45) is 0 Å². The van der Waals surface area contributed by atoms with Gasteiger partial charge in [-0.3, -0.25) is 4.57 Å². The fourth-order valence-corrected chi connectivity index (χ4v) is 8.11. The molecule has 1 aliphatic carbocycles. The van der Waals surface area contributed by atoms with Crippen LogP contribution in [0.1, 0.15) is 25.0 Å². The van der Waals surface area contributed by atoms with Crippen LogP contribution in [0, 0.1) is 0 Å². The Bertz CT molecular complexity index is 2710. The van der Waals surface area contributed by atoms with E-state index in [1.54, 1.807) is 0 Å². The molecule has 3 heteroatoms. The van der Waals surface area contributed by atoms with Crippen molar-refractivity contribution >= 4 is 32.8 Å². The third kappa shape index (κ3) is 4.12. The van der Waals surface area contributed by atoms with Crippen molar-refractivity contribution in [3.63, 3.8) is 0 Å². The molecule has 0 saturated carbocycles. The van der Waals surface area contributed by atoms with E-state index in [4.69, 9.17) is 4.98 Å². The van der Waals surface area contributed by atoms with Gasteiger partial charge >= 0.3 is 0 Å². The van der Waals surface area contributed by atoms with E-state index in [0.717, 1.165) is 33.8 Å². The summed E-state index contributed by atoms with van der Waals surface area (Å²) in [6.07, 6.45) is 0. The van der Waals surface area contributed by atoms with Crippen LogP contribution in [0.3, 0.4) is 0 Å². The second-order valence-corrected chi connectivity index (χ2v) is 13.7. The van der Waals surface area contributed by atoms with Gasteiger partial charge in [-0.05, 0) is 88.0 Å². The first kappa shape index (κ1) is 27.9. The maximum atomic E-state index is 5.05. The van der Waals surface area contributed by atoms with Crippen LogP contribution in [-0.4, -0.2) is 14.1 Å². The van der Waals surface area contributed by atoms with E-state index in [0.29, 0.717) is 0 Å². The molecular weight excluding hydrogens is 595 g/mol. The Morgan fingerprint density at radius 3 is 1.84 bits per heavy atom. The molecule has 7 aromatic carbocycles. The molecule has 0 amide bonds. The Morgan fingerprint density at radius 2 is 1.04 bits per heavy atom. The molecule has 10 rings (SSSR count). The first-order valence-electron chi connectivity index (χ1n) is 17.0. The first-order chi connectivity index (χ1) is 24.1. The summed E-state index contributed by atoms with van der Waals surface area (Å²) >= 11 is 0. The fourth-order valence-electron chi connectivity index (χ4n) is 8.11. The summed E-state index contributed by atoms with van der Waals surface area (Å²) in [5, 5.41) is 2.58. The largest absolute Gasteiger partial charge is 0.309 e. The standard InChI is InChI=1S/C46H33N3/c1-46(2)39-16-8-6-14-35(39)37-28-38-36-15-7-10-18-42(36)48(44(38)29-40(37)46)34-26-24-31(25-27-34)30-20-22-32(23-21-30)45-47-41-17-9-11-19-43(41)49(45)33-12-4-3-5-13-33/h3-29H,1-2H3. The Kier molecular flexibility index (Phi) is 5.92. The first-order valence-corrected chi connectivity index (χ1v) is 17.0. The minimum absolute atomic E-state index is 0.0532. The average Bonchev–Trinajstić information content (AvgIpc) is 3.77. The van der Waals surface area contributed by atoms with Crippen LogP contribution < -0.4 is 0 Å². The number of nitrogens with zero attached hydrogens (tertiary/aromatic N) is 3. The van der Waals surface area contributed by atoms with Crippen LogP contribution in [-0.2, 0) is 5.41 Å². The summed E-state index contributed by atoms with van der Waals surface area (Å²) < 4.78 is 4.69. The fraction of sp³-hybridized carbons (Fsp3) is 0.0652. The van der Waals surface area contributed by atoms with Crippen molar-refractivity contribution in [2.75, 3.05) is 0 Å². The zero-order valence-corrected chi connectivity index (χ0v) is 27.4. The van der Waals surface area contributed by atoms with Crippen molar-refractivity contribution in [3.8, 4) is 45.0 Å². The average molecular weight is 628 g/mol.